The van der Waals surface area contributed by atoms with Crippen molar-refractivity contribution in [1.82, 2.24) is 0 Å². The summed E-state index contributed by atoms with van der Waals surface area (Å²) >= 11 is 0. The van der Waals surface area contributed by atoms with E-state index in [0.29, 0.717) is 6.42 Å². The lowest BCUT2D eigenvalue weighted by molar-refractivity contribution is -0.159. The van der Waals surface area contributed by atoms with Gasteiger partial charge in [-0.25, -0.2) is 0 Å². The third kappa shape index (κ3) is 4.18. The van der Waals surface area contributed by atoms with Gasteiger partial charge in [0.05, 0.1) is 24.0 Å². The maximum atomic E-state index is 11.5. The van der Waals surface area contributed by atoms with Crippen LogP contribution in [0, 0.1) is 10.8 Å². The zero-order chi connectivity index (χ0) is 12.1. The van der Waals surface area contributed by atoms with Gasteiger partial charge in [-0.15, -0.1) is 0 Å². The van der Waals surface area contributed by atoms with Gasteiger partial charge < -0.3 is 14.9 Å². The molecule has 2 N–H and O–H groups in total. The van der Waals surface area contributed by atoms with Crippen molar-refractivity contribution in [2.45, 2.75) is 34.1 Å². The van der Waals surface area contributed by atoms with Crippen LogP contribution in [0.4, 0.5) is 0 Å². The minimum atomic E-state index is -0.707. The summed E-state index contributed by atoms with van der Waals surface area (Å²) in [4.78, 5) is 11.5. The Hall–Kier alpha value is -0.610. The van der Waals surface area contributed by atoms with Crippen LogP contribution in [0.15, 0.2) is 0 Å². The summed E-state index contributed by atoms with van der Waals surface area (Å²) < 4.78 is 5.09. The van der Waals surface area contributed by atoms with Crippen molar-refractivity contribution in [3.63, 3.8) is 0 Å². The number of aliphatic hydroxyl groups excluding tert-OH is 2. The summed E-state index contributed by atoms with van der Waals surface area (Å²) in [6, 6.07) is 0. The predicted molar refractivity (Wildman–Crippen MR) is 57.3 cm³/mol. The molecule has 0 amide bonds. The van der Waals surface area contributed by atoms with Crippen LogP contribution in [-0.4, -0.2) is 36.0 Å². The molecule has 0 aromatic heterocycles. The summed E-state index contributed by atoms with van der Waals surface area (Å²) in [5.41, 5.74) is -1.26. The molecule has 0 atom stereocenters. The normalized spacial score (nSPS) is 12.7. The van der Waals surface area contributed by atoms with E-state index in [2.05, 4.69) is 0 Å². The molecule has 0 aliphatic heterocycles. The van der Waals surface area contributed by atoms with E-state index in [-0.39, 0.29) is 25.8 Å². The number of hydrogen-bond acceptors (Lipinski definition) is 4. The topological polar surface area (TPSA) is 66.8 Å². The first-order valence-corrected chi connectivity index (χ1v) is 5.20. The van der Waals surface area contributed by atoms with Crippen molar-refractivity contribution >= 4 is 5.97 Å². The molecule has 0 radical (unpaired) electrons. The average molecular weight is 218 g/mol. The number of hydrogen-bond donors (Lipinski definition) is 2. The summed E-state index contributed by atoms with van der Waals surface area (Å²) in [6.45, 7) is 6.83. The highest BCUT2D eigenvalue weighted by Crippen LogP contribution is 2.23. The molecule has 0 aromatic rings. The Morgan fingerprint density at radius 2 is 1.67 bits per heavy atom. The molecular formula is C11H22O4. The Bertz CT molecular complexity index is 193. The zero-order valence-electron chi connectivity index (χ0n) is 10.0. The number of ether oxygens (including phenoxy) is 1. The Labute approximate surface area is 91.3 Å². The third-order valence-electron chi connectivity index (χ3n) is 2.54. The molecule has 15 heavy (non-hydrogen) atoms. The molecule has 0 bridgehead atoms. The van der Waals surface area contributed by atoms with Crippen LogP contribution in [0.5, 0.6) is 0 Å². The molecule has 0 aliphatic rings. The Morgan fingerprint density at radius 1 is 1.20 bits per heavy atom. The maximum Gasteiger partial charge on any atom is 0.311 e. The molecule has 0 fully saturated rings. The van der Waals surface area contributed by atoms with Gasteiger partial charge in [0, 0.05) is 0 Å². The van der Waals surface area contributed by atoms with Gasteiger partial charge in [0.1, 0.15) is 6.61 Å². The summed E-state index contributed by atoms with van der Waals surface area (Å²) in [5.74, 6) is -0.317. The van der Waals surface area contributed by atoms with Crippen LogP contribution in [-0.2, 0) is 9.53 Å². The first-order chi connectivity index (χ1) is 6.81. The highest BCUT2D eigenvalue weighted by atomic mass is 16.5. The minimum absolute atomic E-state index is 0.0621. The van der Waals surface area contributed by atoms with Gasteiger partial charge in [0.25, 0.3) is 0 Å². The molecular weight excluding hydrogens is 196 g/mol. The van der Waals surface area contributed by atoms with Crippen LogP contribution in [0.1, 0.15) is 34.1 Å². The fraction of sp³-hybridized carbons (Fsp3) is 0.909. The van der Waals surface area contributed by atoms with E-state index < -0.39 is 10.8 Å². The van der Waals surface area contributed by atoms with E-state index in [0.717, 1.165) is 0 Å². The lowest BCUT2D eigenvalue weighted by atomic mass is 9.88. The zero-order valence-corrected chi connectivity index (χ0v) is 10.0. The fourth-order valence-electron chi connectivity index (χ4n) is 0.902. The van der Waals surface area contributed by atoms with Gasteiger partial charge >= 0.3 is 5.97 Å². The molecule has 90 valence electrons. The fourth-order valence-corrected chi connectivity index (χ4v) is 0.902. The highest BCUT2D eigenvalue weighted by Gasteiger charge is 2.31. The Kier molecular flexibility index (Phi) is 5.24. The average Bonchev–Trinajstić information content (AvgIpc) is 2.19. The van der Waals surface area contributed by atoms with Crippen LogP contribution in [0.3, 0.4) is 0 Å². The second-order valence-corrected chi connectivity index (χ2v) is 5.00. The number of carbonyl (C=O) groups is 1. The largest absolute Gasteiger partial charge is 0.465 e. The van der Waals surface area contributed by atoms with E-state index >= 15 is 0 Å². The summed E-state index contributed by atoms with van der Waals surface area (Å²) in [5, 5.41) is 18.3. The SMILES string of the molecule is CCC(CO)(CO)COC(=O)C(C)(C)C. The number of esters is 1. The molecule has 0 spiro atoms. The molecule has 0 saturated heterocycles. The summed E-state index contributed by atoms with van der Waals surface area (Å²) in [7, 11) is 0. The molecule has 0 saturated carbocycles. The van der Waals surface area contributed by atoms with E-state index in [9.17, 15) is 4.79 Å². The number of carbonyl (C=O) groups excluding carboxylic acids is 1. The van der Waals surface area contributed by atoms with Crippen LogP contribution >= 0.6 is 0 Å². The van der Waals surface area contributed by atoms with Gasteiger partial charge in [0.2, 0.25) is 0 Å². The smallest absolute Gasteiger partial charge is 0.311 e. The van der Waals surface area contributed by atoms with Crippen LogP contribution < -0.4 is 0 Å². The van der Waals surface area contributed by atoms with Crippen molar-refractivity contribution in [3.05, 3.63) is 0 Å². The van der Waals surface area contributed by atoms with Gasteiger partial charge in [0.15, 0.2) is 0 Å². The highest BCUT2D eigenvalue weighted by molar-refractivity contribution is 5.75. The van der Waals surface area contributed by atoms with Crippen molar-refractivity contribution in [3.8, 4) is 0 Å². The minimum Gasteiger partial charge on any atom is -0.465 e. The number of rotatable bonds is 5. The lowest BCUT2D eigenvalue weighted by Crippen LogP contribution is -2.37. The van der Waals surface area contributed by atoms with Crippen molar-refractivity contribution in [2.24, 2.45) is 10.8 Å². The molecule has 0 aliphatic carbocycles. The first kappa shape index (κ1) is 14.4. The Morgan fingerprint density at radius 3 is 1.93 bits per heavy atom. The van der Waals surface area contributed by atoms with E-state index in [1.54, 1.807) is 20.8 Å². The molecule has 4 nitrogen and oxygen atoms in total. The van der Waals surface area contributed by atoms with E-state index in [4.69, 9.17) is 14.9 Å². The Balaban J connectivity index is 4.29. The molecule has 0 heterocycles. The lowest BCUT2D eigenvalue weighted by Gasteiger charge is -2.29. The molecule has 0 rings (SSSR count). The van der Waals surface area contributed by atoms with Crippen LogP contribution in [0.2, 0.25) is 0 Å². The number of aliphatic hydroxyl groups is 2. The monoisotopic (exact) mass is 218 g/mol. The van der Waals surface area contributed by atoms with Crippen LogP contribution in [0.25, 0.3) is 0 Å². The third-order valence-corrected chi connectivity index (χ3v) is 2.54. The van der Waals surface area contributed by atoms with Crippen molar-refractivity contribution in [1.29, 1.82) is 0 Å². The molecule has 0 aromatic carbocycles. The standard InChI is InChI=1S/C11H22O4/c1-5-11(6-12,7-13)8-15-9(14)10(2,3)4/h12-13H,5-8H2,1-4H3. The van der Waals surface area contributed by atoms with E-state index in [1.165, 1.54) is 0 Å². The van der Waals surface area contributed by atoms with E-state index in [1.807, 2.05) is 6.92 Å². The van der Waals surface area contributed by atoms with Crippen molar-refractivity contribution in [2.75, 3.05) is 19.8 Å². The van der Waals surface area contributed by atoms with Gasteiger partial charge in [-0.05, 0) is 27.2 Å². The molecule has 0 unspecified atom stereocenters. The maximum absolute atomic E-state index is 11.5. The van der Waals surface area contributed by atoms with Gasteiger partial charge in [-0.2, -0.15) is 0 Å². The van der Waals surface area contributed by atoms with Gasteiger partial charge in [-0.1, -0.05) is 6.92 Å². The quantitative estimate of drug-likeness (QED) is 0.674. The van der Waals surface area contributed by atoms with Gasteiger partial charge in [-0.3, -0.25) is 4.79 Å². The first-order valence-electron chi connectivity index (χ1n) is 5.20. The molecule has 4 heteroatoms. The summed E-state index contributed by atoms with van der Waals surface area (Å²) in [6.07, 6.45) is 0.567. The second kappa shape index (κ2) is 5.47. The second-order valence-electron chi connectivity index (χ2n) is 5.00. The van der Waals surface area contributed by atoms with Crippen molar-refractivity contribution < 1.29 is 19.7 Å². The predicted octanol–water partition coefficient (Wildman–Crippen LogP) is 0.957.